The number of hydrogen-bond acceptors (Lipinski definition) is 4. The van der Waals surface area contributed by atoms with Crippen LogP contribution in [0.1, 0.15) is 28.9 Å². The third kappa shape index (κ3) is 3.36. The van der Waals surface area contributed by atoms with Gasteiger partial charge in [-0.25, -0.2) is 4.98 Å². The summed E-state index contributed by atoms with van der Waals surface area (Å²) in [5.74, 6) is 0.326. The van der Waals surface area contributed by atoms with Crippen molar-refractivity contribution in [2.75, 3.05) is 13.6 Å². The fourth-order valence-corrected chi connectivity index (χ4v) is 3.26. The number of hydrogen-bond donors (Lipinski definition) is 1. The average molecular weight is 316 g/mol. The third-order valence-electron chi connectivity index (χ3n) is 3.97. The number of carbonyl (C=O) groups excluding carboxylic acids is 1. The highest BCUT2D eigenvalue weighted by Gasteiger charge is 2.31. The Balaban J connectivity index is 1.67. The van der Waals surface area contributed by atoms with Gasteiger partial charge in [0, 0.05) is 35.8 Å². The quantitative estimate of drug-likeness (QED) is 0.922. The minimum atomic E-state index is -0.397. The van der Waals surface area contributed by atoms with E-state index in [9.17, 15) is 9.90 Å². The Morgan fingerprint density at radius 1 is 1.41 bits per heavy atom. The predicted octanol–water partition coefficient (Wildman–Crippen LogP) is 2.96. The lowest BCUT2D eigenvalue weighted by atomic mass is 10.1. The molecule has 1 aromatic heterocycles. The number of amides is 1. The monoisotopic (exact) mass is 316 g/mol. The van der Waals surface area contributed by atoms with Gasteiger partial charge in [0.1, 0.15) is 5.01 Å². The molecule has 0 bridgehead atoms. The highest BCUT2D eigenvalue weighted by molar-refractivity contribution is 7.13. The lowest BCUT2D eigenvalue weighted by Gasteiger charge is -2.20. The highest BCUT2D eigenvalue weighted by Crippen LogP contribution is 2.32. The molecule has 1 heterocycles. The summed E-state index contributed by atoms with van der Waals surface area (Å²) >= 11 is 1.60. The van der Waals surface area contributed by atoms with Gasteiger partial charge in [0.2, 0.25) is 0 Å². The number of aliphatic hydroxyl groups is 1. The standard InChI is InChI=1S/C17H20N2O2S/c1-11-10-22-16(18-11)13-5-7-14(8-6-13)17(21)19(2)9-15(20)12-3-4-12/h5-8,10,12,15,20H,3-4,9H2,1-2H3. The van der Waals surface area contributed by atoms with Crippen LogP contribution in [-0.4, -0.2) is 40.6 Å². The van der Waals surface area contributed by atoms with E-state index < -0.39 is 6.10 Å². The minimum absolute atomic E-state index is 0.0541. The van der Waals surface area contributed by atoms with Crippen molar-refractivity contribution in [3.63, 3.8) is 0 Å². The number of carbonyl (C=O) groups is 1. The van der Waals surface area contributed by atoms with Crippen LogP contribution in [0.4, 0.5) is 0 Å². The van der Waals surface area contributed by atoms with Gasteiger partial charge in [0.05, 0.1) is 6.10 Å². The molecule has 1 aliphatic rings. The second-order valence-corrected chi connectivity index (χ2v) is 6.82. The van der Waals surface area contributed by atoms with Gasteiger partial charge in [0.25, 0.3) is 5.91 Å². The SMILES string of the molecule is Cc1csc(-c2ccc(C(=O)N(C)CC(O)C3CC3)cc2)n1. The van der Waals surface area contributed by atoms with Crippen LogP contribution in [0.2, 0.25) is 0 Å². The van der Waals surface area contributed by atoms with E-state index in [0.717, 1.165) is 29.1 Å². The van der Waals surface area contributed by atoms with Crippen molar-refractivity contribution in [3.05, 3.63) is 40.9 Å². The molecule has 4 nitrogen and oxygen atoms in total. The summed E-state index contributed by atoms with van der Waals surface area (Å²) in [7, 11) is 1.74. The highest BCUT2D eigenvalue weighted by atomic mass is 32.1. The number of aryl methyl sites for hydroxylation is 1. The molecule has 2 aromatic rings. The zero-order chi connectivity index (χ0) is 15.7. The van der Waals surface area contributed by atoms with Crippen molar-refractivity contribution >= 4 is 17.2 Å². The zero-order valence-electron chi connectivity index (χ0n) is 12.8. The van der Waals surface area contributed by atoms with Gasteiger partial charge >= 0.3 is 0 Å². The molecule has 116 valence electrons. The van der Waals surface area contributed by atoms with E-state index in [4.69, 9.17) is 0 Å². The summed E-state index contributed by atoms with van der Waals surface area (Å²) in [6.45, 7) is 2.37. The molecular formula is C17H20N2O2S. The number of likely N-dealkylation sites (N-methyl/N-ethyl adjacent to an activating group) is 1. The number of benzene rings is 1. The van der Waals surface area contributed by atoms with Crippen LogP contribution in [0, 0.1) is 12.8 Å². The molecule has 1 aromatic carbocycles. The molecule has 1 atom stereocenters. The van der Waals surface area contributed by atoms with Crippen molar-refractivity contribution in [2.24, 2.45) is 5.92 Å². The molecule has 0 saturated heterocycles. The molecule has 1 saturated carbocycles. The van der Waals surface area contributed by atoms with Crippen LogP contribution in [0.5, 0.6) is 0 Å². The molecule has 1 unspecified atom stereocenters. The normalized spacial score (nSPS) is 15.6. The Bertz CT molecular complexity index is 662. The van der Waals surface area contributed by atoms with Crippen LogP contribution in [0.15, 0.2) is 29.6 Å². The fraction of sp³-hybridized carbons (Fsp3) is 0.412. The average Bonchev–Trinajstić information content (AvgIpc) is 3.28. The van der Waals surface area contributed by atoms with Gasteiger partial charge in [-0.05, 0) is 37.8 Å². The molecular weight excluding hydrogens is 296 g/mol. The summed E-state index contributed by atoms with van der Waals surface area (Å²) in [5.41, 5.74) is 2.67. The summed E-state index contributed by atoms with van der Waals surface area (Å²) in [5, 5.41) is 12.9. The lowest BCUT2D eigenvalue weighted by Crippen LogP contribution is -2.35. The Morgan fingerprint density at radius 3 is 2.64 bits per heavy atom. The van der Waals surface area contributed by atoms with Crippen molar-refractivity contribution in [2.45, 2.75) is 25.9 Å². The minimum Gasteiger partial charge on any atom is -0.391 e. The largest absolute Gasteiger partial charge is 0.391 e. The van der Waals surface area contributed by atoms with E-state index in [1.807, 2.05) is 36.6 Å². The van der Waals surface area contributed by atoms with E-state index in [2.05, 4.69) is 4.98 Å². The first-order valence-corrected chi connectivity index (χ1v) is 8.38. The van der Waals surface area contributed by atoms with Crippen LogP contribution < -0.4 is 0 Å². The summed E-state index contributed by atoms with van der Waals surface area (Å²) in [4.78, 5) is 18.4. The second kappa shape index (κ2) is 6.18. The number of aromatic nitrogens is 1. The molecule has 1 fully saturated rings. The van der Waals surface area contributed by atoms with Crippen molar-refractivity contribution in [1.29, 1.82) is 0 Å². The molecule has 1 amide bonds. The molecule has 22 heavy (non-hydrogen) atoms. The lowest BCUT2D eigenvalue weighted by molar-refractivity contribution is 0.0645. The molecule has 1 N–H and O–H groups in total. The number of rotatable bonds is 5. The van der Waals surface area contributed by atoms with Crippen LogP contribution in [0.3, 0.4) is 0 Å². The number of aliphatic hydroxyl groups excluding tert-OH is 1. The van der Waals surface area contributed by atoms with Gasteiger partial charge in [-0.2, -0.15) is 0 Å². The van der Waals surface area contributed by atoms with E-state index in [1.165, 1.54) is 0 Å². The Hall–Kier alpha value is -1.72. The predicted molar refractivity (Wildman–Crippen MR) is 88.0 cm³/mol. The van der Waals surface area contributed by atoms with Gasteiger partial charge in [-0.15, -0.1) is 11.3 Å². The van der Waals surface area contributed by atoms with Crippen molar-refractivity contribution < 1.29 is 9.90 Å². The maximum absolute atomic E-state index is 12.4. The van der Waals surface area contributed by atoms with Gasteiger partial charge in [-0.1, -0.05) is 12.1 Å². The Labute approximate surface area is 134 Å². The zero-order valence-corrected chi connectivity index (χ0v) is 13.6. The van der Waals surface area contributed by atoms with Crippen LogP contribution in [0.25, 0.3) is 10.6 Å². The molecule has 0 radical (unpaired) electrons. The van der Waals surface area contributed by atoms with Crippen LogP contribution in [-0.2, 0) is 0 Å². The van der Waals surface area contributed by atoms with Gasteiger partial charge < -0.3 is 10.0 Å². The van der Waals surface area contributed by atoms with E-state index in [0.29, 0.717) is 18.0 Å². The molecule has 0 spiro atoms. The molecule has 0 aliphatic heterocycles. The topological polar surface area (TPSA) is 53.4 Å². The third-order valence-corrected chi connectivity index (χ3v) is 4.98. The first-order chi connectivity index (χ1) is 10.5. The second-order valence-electron chi connectivity index (χ2n) is 5.96. The Kier molecular flexibility index (Phi) is 4.27. The summed E-state index contributed by atoms with van der Waals surface area (Å²) in [6, 6.07) is 7.51. The smallest absolute Gasteiger partial charge is 0.253 e. The maximum atomic E-state index is 12.4. The number of thiazole rings is 1. The maximum Gasteiger partial charge on any atom is 0.253 e. The van der Waals surface area contributed by atoms with Crippen LogP contribution >= 0.6 is 11.3 Å². The van der Waals surface area contributed by atoms with E-state index in [-0.39, 0.29) is 5.91 Å². The summed E-state index contributed by atoms with van der Waals surface area (Å²) < 4.78 is 0. The van der Waals surface area contributed by atoms with Crippen molar-refractivity contribution in [1.82, 2.24) is 9.88 Å². The first kappa shape index (κ1) is 15.2. The van der Waals surface area contributed by atoms with Gasteiger partial charge in [0.15, 0.2) is 0 Å². The molecule has 1 aliphatic carbocycles. The Morgan fingerprint density at radius 2 is 2.09 bits per heavy atom. The first-order valence-electron chi connectivity index (χ1n) is 7.50. The van der Waals surface area contributed by atoms with Gasteiger partial charge in [-0.3, -0.25) is 4.79 Å². The van der Waals surface area contributed by atoms with E-state index >= 15 is 0 Å². The summed E-state index contributed by atoms with van der Waals surface area (Å²) in [6.07, 6.45) is 1.75. The molecule has 3 rings (SSSR count). The van der Waals surface area contributed by atoms with Crippen molar-refractivity contribution in [3.8, 4) is 10.6 Å². The fourth-order valence-electron chi connectivity index (χ4n) is 2.46. The molecule has 5 heteroatoms. The number of nitrogens with zero attached hydrogens (tertiary/aromatic N) is 2. The van der Waals surface area contributed by atoms with E-state index in [1.54, 1.807) is 23.3 Å².